The van der Waals surface area contributed by atoms with Crippen LogP contribution < -0.4 is 5.32 Å². The Hall–Kier alpha value is -1.86. The fourth-order valence-corrected chi connectivity index (χ4v) is 2.96. The molecule has 1 N–H and O–H groups in total. The molecule has 0 unspecified atom stereocenters. The van der Waals surface area contributed by atoms with Crippen LogP contribution in [0.1, 0.15) is 65.2 Å². The minimum atomic E-state index is -0.638. The van der Waals surface area contributed by atoms with E-state index in [1.54, 1.807) is 26.0 Å². The Morgan fingerprint density at radius 3 is 2.07 bits per heavy atom. The Morgan fingerprint density at radius 2 is 1.62 bits per heavy atom. The summed E-state index contributed by atoms with van der Waals surface area (Å²) in [6.45, 7) is 16.9. The van der Waals surface area contributed by atoms with Gasteiger partial charge in [0.25, 0.3) is 0 Å². The highest BCUT2D eigenvalue weighted by Crippen LogP contribution is 2.38. The number of hydrogen-bond donors (Lipinski definition) is 1. The molecule has 1 heterocycles. The molecule has 160 valence electrons. The Balaban J connectivity index is 2.32. The van der Waals surface area contributed by atoms with Crippen molar-refractivity contribution in [2.24, 2.45) is 0 Å². The average molecular weight is 405 g/mol. The smallest absolute Gasteiger partial charge is 0.444 e. The maximum atomic E-state index is 14.0. The largest absolute Gasteiger partial charge is 0.492 e. The molecule has 29 heavy (non-hydrogen) atoms. The first-order valence-electron chi connectivity index (χ1n) is 9.91. The molecule has 2 rings (SSSR count). The van der Waals surface area contributed by atoms with E-state index in [0.29, 0.717) is 11.1 Å². The molecule has 1 aliphatic heterocycles. The third-order valence-electron chi connectivity index (χ3n) is 5.20. The topological polar surface area (TPSA) is 56.8 Å². The van der Waals surface area contributed by atoms with Crippen molar-refractivity contribution in [3.63, 3.8) is 0 Å². The van der Waals surface area contributed by atoms with E-state index in [1.165, 1.54) is 0 Å². The lowest BCUT2D eigenvalue weighted by atomic mass is 9.77. The first-order chi connectivity index (χ1) is 13.1. The minimum absolute atomic E-state index is 0.182. The highest BCUT2D eigenvalue weighted by atomic mass is 19.1. The van der Waals surface area contributed by atoms with Crippen LogP contribution in [0.3, 0.4) is 0 Å². The molecule has 0 bridgehead atoms. The Labute approximate surface area is 174 Å². The fraction of sp³-hybridized carbons (Fsp3) is 0.591. The van der Waals surface area contributed by atoms with Gasteiger partial charge >= 0.3 is 13.2 Å². The van der Waals surface area contributed by atoms with Gasteiger partial charge in [0.1, 0.15) is 11.4 Å². The lowest BCUT2D eigenvalue weighted by Crippen LogP contribution is -2.41. The minimum Gasteiger partial charge on any atom is -0.444 e. The van der Waals surface area contributed by atoms with Gasteiger partial charge < -0.3 is 19.4 Å². The summed E-state index contributed by atoms with van der Waals surface area (Å²) in [7, 11) is -0.638. The number of alkyl carbamates (subject to hydrolysis) is 1. The van der Waals surface area contributed by atoms with Gasteiger partial charge in [0.2, 0.25) is 0 Å². The highest BCUT2D eigenvalue weighted by Gasteiger charge is 2.52. The summed E-state index contributed by atoms with van der Waals surface area (Å²) in [4.78, 5) is 12.1. The second-order valence-corrected chi connectivity index (χ2v) is 9.63. The van der Waals surface area contributed by atoms with E-state index in [2.05, 4.69) is 5.32 Å². The summed E-state index contributed by atoms with van der Waals surface area (Å²) in [6, 6.07) is 3.53. The normalized spacial score (nSPS) is 18.7. The van der Waals surface area contributed by atoms with Crippen LogP contribution >= 0.6 is 0 Å². The van der Waals surface area contributed by atoms with E-state index in [0.717, 1.165) is 11.0 Å². The van der Waals surface area contributed by atoms with Gasteiger partial charge in [-0.1, -0.05) is 6.08 Å². The van der Waals surface area contributed by atoms with Crippen molar-refractivity contribution in [1.82, 2.24) is 5.32 Å². The number of hydrogen-bond acceptors (Lipinski definition) is 4. The molecule has 0 aliphatic carbocycles. The van der Waals surface area contributed by atoms with E-state index >= 15 is 0 Å². The maximum Gasteiger partial charge on any atom is 0.492 e. The van der Waals surface area contributed by atoms with Gasteiger partial charge in [0.05, 0.1) is 11.2 Å². The van der Waals surface area contributed by atoms with Crippen LogP contribution in [0.4, 0.5) is 9.18 Å². The number of carbonyl (C=O) groups is 1. The third-order valence-corrected chi connectivity index (χ3v) is 5.20. The summed E-state index contributed by atoms with van der Waals surface area (Å²) in [5.41, 5.74) is 1.03. The highest BCUT2D eigenvalue weighted by molar-refractivity contribution is 6.56. The summed E-state index contributed by atoms with van der Waals surface area (Å²) in [6.07, 6.45) is 1.35. The van der Waals surface area contributed by atoms with E-state index in [-0.39, 0.29) is 12.4 Å². The number of benzene rings is 1. The Kier molecular flexibility index (Phi) is 6.55. The molecule has 1 fully saturated rings. The number of nitrogens with one attached hydrogen (secondary N) is 1. The van der Waals surface area contributed by atoms with Crippen molar-refractivity contribution in [3.8, 4) is 0 Å². The predicted molar refractivity (Wildman–Crippen MR) is 114 cm³/mol. The zero-order chi connectivity index (χ0) is 22.2. The van der Waals surface area contributed by atoms with Crippen molar-refractivity contribution in [3.05, 3.63) is 40.1 Å². The SMILES string of the molecule is Cc1cc(C=C(CNC(=O)OC(C)(C)C)B2OC(C)(C)C(C)(C)O2)cc(C)c1F. The van der Waals surface area contributed by atoms with Gasteiger partial charge in [-0.25, -0.2) is 9.18 Å². The second kappa shape index (κ2) is 8.11. The molecule has 1 amide bonds. The molecule has 0 saturated carbocycles. The van der Waals surface area contributed by atoms with Crippen LogP contribution in [0.25, 0.3) is 6.08 Å². The van der Waals surface area contributed by atoms with Gasteiger partial charge in [-0.05, 0) is 96.6 Å². The van der Waals surface area contributed by atoms with Crippen LogP contribution in [0.2, 0.25) is 0 Å². The molecule has 7 heteroatoms. The number of carbonyl (C=O) groups excluding carboxylic acids is 1. The quantitative estimate of drug-likeness (QED) is 0.718. The lowest BCUT2D eigenvalue weighted by Gasteiger charge is -2.32. The number of aryl methyl sites for hydroxylation is 2. The van der Waals surface area contributed by atoms with Crippen LogP contribution in [0.15, 0.2) is 17.6 Å². The predicted octanol–water partition coefficient (Wildman–Crippen LogP) is 4.98. The van der Waals surface area contributed by atoms with Gasteiger partial charge in [0.15, 0.2) is 0 Å². The lowest BCUT2D eigenvalue weighted by molar-refractivity contribution is 0.00578. The zero-order valence-electron chi connectivity index (χ0n) is 19.0. The van der Waals surface area contributed by atoms with E-state index in [4.69, 9.17) is 14.0 Å². The first-order valence-corrected chi connectivity index (χ1v) is 9.91. The number of rotatable bonds is 4. The van der Waals surface area contributed by atoms with Gasteiger partial charge in [-0.15, -0.1) is 0 Å². The standard InChI is InChI=1S/C22H33BFNO4/c1-14-10-16(11-15(2)18(14)24)12-17(13-25-19(26)27-20(3,4)5)23-28-21(6,7)22(8,9)29-23/h10-12H,13H2,1-9H3,(H,25,26). The number of amides is 1. The molecular weight excluding hydrogens is 372 g/mol. The van der Waals surface area contributed by atoms with Crippen molar-refractivity contribution < 1.29 is 23.2 Å². The van der Waals surface area contributed by atoms with E-state index in [9.17, 15) is 9.18 Å². The van der Waals surface area contributed by atoms with Crippen LogP contribution in [0, 0.1) is 19.7 Å². The average Bonchev–Trinajstić information content (AvgIpc) is 2.75. The Bertz CT molecular complexity index is 773. The molecule has 0 aromatic heterocycles. The molecule has 0 spiro atoms. The monoisotopic (exact) mass is 405 g/mol. The molecule has 5 nitrogen and oxygen atoms in total. The molecule has 1 aromatic carbocycles. The van der Waals surface area contributed by atoms with Crippen molar-refractivity contribution in [2.75, 3.05) is 6.54 Å². The number of ether oxygens (including phenoxy) is 1. The first kappa shape index (κ1) is 23.4. The van der Waals surface area contributed by atoms with Crippen molar-refractivity contribution in [1.29, 1.82) is 0 Å². The van der Waals surface area contributed by atoms with Gasteiger partial charge in [-0.3, -0.25) is 0 Å². The summed E-state index contributed by atoms with van der Waals surface area (Å²) in [5.74, 6) is -0.216. The number of halogens is 1. The third kappa shape index (κ3) is 5.83. The molecule has 1 aromatic rings. The van der Waals surface area contributed by atoms with E-state index in [1.807, 2.05) is 54.5 Å². The van der Waals surface area contributed by atoms with Crippen LogP contribution in [0.5, 0.6) is 0 Å². The molecule has 0 radical (unpaired) electrons. The maximum absolute atomic E-state index is 14.0. The molecule has 1 aliphatic rings. The fourth-order valence-electron chi connectivity index (χ4n) is 2.96. The molecule has 0 atom stereocenters. The van der Waals surface area contributed by atoms with Crippen LogP contribution in [-0.4, -0.2) is 36.6 Å². The molecule has 1 saturated heterocycles. The van der Waals surface area contributed by atoms with Gasteiger partial charge in [-0.2, -0.15) is 0 Å². The van der Waals surface area contributed by atoms with E-state index < -0.39 is 30.0 Å². The van der Waals surface area contributed by atoms with Crippen molar-refractivity contribution in [2.45, 2.75) is 79.1 Å². The molecular formula is C22H33BFNO4. The Morgan fingerprint density at radius 1 is 1.14 bits per heavy atom. The zero-order valence-corrected chi connectivity index (χ0v) is 19.0. The van der Waals surface area contributed by atoms with Crippen LogP contribution in [-0.2, 0) is 14.0 Å². The van der Waals surface area contributed by atoms with Crippen molar-refractivity contribution >= 4 is 19.3 Å². The van der Waals surface area contributed by atoms with Gasteiger partial charge in [0, 0.05) is 6.54 Å². The summed E-state index contributed by atoms with van der Waals surface area (Å²) >= 11 is 0. The summed E-state index contributed by atoms with van der Waals surface area (Å²) < 4.78 is 31.7. The summed E-state index contributed by atoms with van der Waals surface area (Å²) in [5, 5.41) is 2.77. The second-order valence-electron chi connectivity index (χ2n) is 9.63.